The van der Waals surface area contributed by atoms with Crippen LogP contribution in [-0.4, -0.2) is 6.54 Å². The molecule has 0 spiro atoms. The zero-order valence-corrected chi connectivity index (χ0v) is 9.09. The molecule has 0 radical (unpaired) electrons. The molecule has 1 unspecified atom stereocenters. The van der Waals surface area contributed by atoms with Gasteiger partial charge in [0.15, 0.2) is 0 Å². The number of rotatable bonds is 3. The van der Waals surface area contributed by atoms with Crippen LogP contribution < -0.4 is 5.73 Å². The molecule has 0 bridgehead atoms. The molecule has 0 fully saturated rings. The van der Waals surface area contributed by atoms with Crippen molar-refractivity contribution in [1.29, 1.82) is 0 Å². The molecule has 2 heteroatoms. The fraction of sp³-hybridized carbons (Fsp3) is 0.455. The maximum atomic E-state index is 5.53. The second-order valence-corrected chi connectivity index (χ2v) is 4.20. The van der Waals surface area contributed by atoms with Gasteiger partial charge in [-0.15, -0.1) is 0 Å². The Morgan fingerprint density at radius 1 is 1.15 bits per heavy atom. The van der Waals surface area contributed by atoms with Gasteiger partial charge < -0.3 is 5.73 Å². The molecule has 0 amide bonds. The molecular formula is C11H17NS. The normalized spacial score (nSPS) is 13.3. The molecule has 1 aromatic carbocycles. The van der Waals surface area contributed by atoms with E-state index in [0.29, 0.717) is 12.5 Å². The first-order valence-electron chi connectivity index (χ1n) is 4.63. The topological polar surface area (TPSA) is 26.0 Å². The van der Waals surface area contributed by atoms with Crippen LogP contribution in [0.3, 0.4) is 0 Å². The van der Waals surface area contributed by atoms with Crippen molar-refractivity contribution < 1.29 is 0 Å². The minimum atomic E-state index is 0.168. The molecule has 1 nitrogen and oxygen atoms in total. The lowest BCUT2D eigenvalue weighted by Crippen LogP contribution is -2.06. The predicted molar refractivity (Wildman–Crippen MR) is 61.3 cm³/mol. The first kappa shape index (κ1) is 10.6. The summed E-state index contributed by atoms with van der Waals surface area (Å²) in [5, 5.41) is 0.168. The van der Waals surface area contributed by atoms with Crippen molar-refractivity contribution in [2.24, 2.45) is 5.73 Å². The van der Waals surface area contributed by atoms with Gasteiger partial charge in [0.2, 0.25) is 0 Å². The molecule has 1 atom stereocenters. The van der Waals surface area contributed by atoms with Gasteiger partial charge in [0.25, 0.3) is 0 Å². The SMILES string of the molecule is CC(C)c1ccc(C(S)CN)cc1. The van der Waals surface area contributed by atoms with Crippen molar-refractivity contribution >= 4 is 12.6 Å². The fourth-order valence-corrected chi connectivity index (χ4v) is 1.41. The highest BCUT2D eigenvalue weighted by atomic mass is 32.1. The van der Waals surface area contributed by atoms with Crippen LogP contribution >= 0.6 is 12.6 Å². The first-order chi connectivity index (χ1) is 6.15. The lowest BCUT2D eigenvalue weighted by molar-refractivity contribution is 0.862. The Balaban J connectivity index is 2.81. The molecule has 0 saturated carbocycles. The molecular weight excluding hydrogens is 178 g/mol. The summed E-state index contributed by atoms with van der Waals surface area (Å²) >= 11 is 4.38. The van der Waals surface area contributed by atoms with Gasteiger partial charge in [-0.1, -0.05) is 38.1 Å². The Labute approximate surface area is 85.8 Å². The summed E-state index contributed by atoms with van der Waals surface area (Å²) < 4.78 is 0. The monoisotopic (exact) mass is 195 g/mol. The van der Waals surface area contributed by atoms with E-state index < -0.39 is 0 Å². The van der Waals surface area contributed by atoms with Crippen molar-refractivity contribution in [3.05, 3.63) is 35.4 Å². The number of hydrogen-bond acceptors (Lipinski definition) is 2. The highest BCUT2D eigenvalue weighted by Gasteiger charge is 2.04. The van der Waals surface area contributed by atoms with Gasteiger partial charge in [-0.25, -0.2) is 0 Å². The van der Waals surface area contributed by atoms with Crippen LogP contribution in [0.4, 0.5) is 0 Å². The Hall–Kier alpha value is -0.470. The van der Waals surface area contributed by atoms with Gasteiger partial charge in [0.05, 0.1) is 0 Å². The smallest absolute Gasteiger partial charge is 0.0389 e. The third-order valence-electron chi connectivity index (χ3n) is 2.21. The van der Waals surface area contributed by atoms with E-state index in [2.05, 4.69) is 50.7 Å². The van der Waals surface area contributed by atoms with Crippen LogP contribution in [-0.2, 0) is 0 Å². The molecule has 0 aliphatic heterocycles. The second-order valence-electron chi connectivity index (χ2n) is 3.57. The van der Waals surface area contributed by atoms with Gasteiger partial charge in [-0.2, -0.15) is 12.6 Å². The standard InChI is InChI=1S/C11H17NS/c1-8(2)9-3-5-10(6-4-9)11(13)7-12/h3-6,8,11,13H,7,12H2,1-2H3. The van der Waals surface area contributed by atoms with Crippen molar-refractivity contribution in [3.8, 4) is 0 Å². The molecule has 0 aromatic heterocycles. The van der Waals surface area contributed by atoms with Gasteiger partial charge in [0.1, 0.15) is 0 Å². The molecule has 1 aromatic rings. The zero-order chi connectivity index (χ0) is 9.84. The maximum Gasteiger partial charge on any atom is 0.0389 e. The van der Waals surface area contributed by atoms with E-state index >= 15 is 0 Å². The Morgan fingerprint density at radius 3 is 2.00 bits per heavy atom. The minimum Gasteiger partial charge on any atom is -0.329 e. The van der Waals surface area contributed by atoms with Gasteiger partial charge in [-0.3, -0.25) is 0 Å². The molecule has 72 valence electrons. The Bertz CT molecular complexity index is 253. The highest BCUT2D eigenvalue weighted by Crippen LogP contribution is 2.21. The van der Waals surface area contributed by atoms with Gasteiger partial charge in [0, 0.05) is 11.8 Å². The lowest BCUT2D eigenvalue weighted by atomic mass is 10.0. The molecule has 1 rings (SSSR count). The van der Waals surface area contributed by atoms with E-state index in [1.807, 2.05) is 0 Å². The summed E-state index contributed by atoms with van der Waals surface area (Å²) in [6, 6.07) is 8.53. The van der Waals surface area contributed by atoms with Crippen LogP contribution in [0.5, 0.6) is 0 Å². The van der Waals surface area contributed by atoms with Crippen LogP contribution in [0, 0.1) is 0 Å². The minimum absolute atomic E-state index is 0.168. The third kappa shape index (κ3) is 2.75. The first-order valence-corrected chi connectivity index (χ1v) is 5.14. The molecule has 2 N–H and O–H groups in total. The Morgan fingerprint density at radius 2 is 1.62 bits per heavy atom. The second kappa shape index (κ2) is 4.68. The molecule has 0 aliphatic rings. The van der Waals surface area contributed by atoms with E-state index in [1.54, 1.807) is 0 Å². The largest absolute Gasteiger partial charge is 0.329 e. The quantitative estimate of drug-likeness (QED) is 0.713. The average Bonchev–Trinajstić information content (AvgIpc) is 2.17. The summed E-state index contributed by atoms with van der Waals surface area (Å²) in [4.78, 5) is 0. The van der Waals surface area contributed by atoms with Crippen LogP contribution in [0.2, 0.25) is 0 Å². The predicted octanol–water partition coefficient (Wildman–Crippen LogP) is 2.74. The fourth-order valence-electron chi connectivity index (χ4n) is 1.24. The van der Waals surface area contributed by atoms with Crippen LogP contribution in [0.1, 0.15) is 36.1 Å². The zero-order valence-electron chi connectivity index (χ0n) is 8.20. The number of hydrogen-bond donors (Lipinski definition) is 2. The number of benzene rings is 1. The van der Waals surface area contributed by atoms with E-state index in [0.717, 1.165) is 0 Å². The third-order valence-corrected chi connectivity index (χ3v) is 2.72. The summed E-state index contributed by atoms with van der Waals surface area (Å²) in [6.45, 7) is 4.97. The van der Waals surface area contributed by atoms with E-state index in [9.17, 15) is 0 Å². The van der Waals surface area contributed by atoms with E-state index in [-0.39, 0.29) is 5.25 Å². The highest BCUT2D eigenvalue weighted by molar-refractivity contribution is 7.80. The van der Waals surface area contributed by atoms with Gasteiger partial charge >= 0.3 is 0 Å². The van der Waals surface area contributed by atoms with Crippen LogP contribution in [0.25, 0.3) is 0 Å². The van der Waals surface area contributed by atoms with Crippen molar-refractivity contribution in [2.75, 3.05) is 6.54 Å². The van der Waals surface area contributed by atoms with Crippen molar-refractivity contribution in [1.82, 2.24) is 0 Å². The summed E-state index contributed by atoms with van der Waals surface area (Å²) in [7, 11) is 0. The molecule has 0 heterocycles. The van der Waals surface area contributed by atoms with E-state index in [1.165, 1.54) is 11.1 Å². The molecule has 0 saturated heterocycles. The number of thiol groups is 1. The molecule has 13 heavy (non-hydrogen) atoms. The summed E-state index contributed by atoms with van der Waals surface area (Å²) in [5.41, 5.74) is 8.09. The Kier molecular flexibility index (Phi) is 3.82. The lowest BCUT2D eigenvalue weighted by Gasteiger charge is -2.10. The summed E-state index contributed by atoms with van der Waals surface area (Å²) in [5.74, 6) is 0.588. The van der Waals surface area contributed by atoms with Crippen molar-refractivity contribution in [2.45, 2.75) is 25.0 Å². The van der Waals surface area contributed by atoms with Gasteiger partial charge in [-0.05, 0) is 17.0 Å². The molecule has 0 aliphatic carbocycles. The van der Waals surface area contributed by atoms with Crippen molar-refractivity contribution in [3.63, 3.8) is 0 Å². The van der Waals surface area contributed by atoms with Crippen LogP contribution in [0.15, 0.2) is 24.3 Å². The average molecular weight is 195 g/mol. The number of nitrogens with two attached hydrogens (primary N) is 1. The summed E-state index contributed by atoms with van der Waals surface area (Å²) in [6.07, 6.45) is 0. The maximum absolute atomic E-state index is 5.53. The van der Waals surface area contributed by atoms with E-state index in [4.69, 9.17) is 5.73 Å².